The normalized spacial score (nSPS) is 13.9. The predicted molar refractivity (Wildman–Crippen MR) is 139 cm³/mol. The van der Waals surface area contributed by atoms with Crippen LogP contribution in [0.2, 0.25) is 0 Å². The Hall–Kier alpha value is -4.92. The molecular formula is C26H25N9O3. The molecule has 0 bridgehead atoms. The van der Waals surface area contributed by atoms with E-state index in [9.17, 15) is 10.1 Å². The Labute approximate surface area is 217 Å². The third-order valence-electron chi connectivity index (χ3n) is 6.75. The molecule has 0 spiro atoms. The number of hydrogen-bond donors (Lipinski definition) is 1. The van der Waals surface area contributed by atoms with Gasteiger partial charge in [-0.25, -0.2) is 9.50 Å². The van der Waals surface area contributed by atoms with E-state index in [4.69, 9.17) is 9.47 Å². The molecular weight excluding hydrogens is 486 g/mol. The minimum absolute atomic E-state index is 0.213. The lowest BCUT2D eigenvalue weighted by Gasteiger charge is -2.16. The summed E-state index contributed by atoms with van der Waals surface area (Å²) in [7, 11) is 3.36. The number of rotatable bonds is 8. The Morgan fingerprint density at radius 3 is 2.87 bits per heavy atom. The molecule has 12 nitrogen and oxygen atoms in total. The van der Waals surface area contributed by atoms with Gasteiger partial charge in [0.15, 0.2) is 22.9 Å². The summed E-state index contributed by atoms with van der Waals surface area (Å²) in [6, 6.07) is 3.79. The lowest BCUT2D eigenvalue weighted by molar-refractivity contribution is 0.382. The summed E-state index contributed by atoms with van der Waals surface area (Å²) in [5.74, 6) is 2.17. The molecule has 6 rings (SSSR count). The number of nitrogens with zero attached hydrogens (tertiary/aromatic N) is 8. The van der Waals surface area contributed by atoms with Gasteiger partial charge in [0.05, 0.1) is 38.2 Å². The minimum Gasteiger partial charge on any atom is -0.491 e. The summed E-state index contributed by atoms with van der Waals surface area (Å²) in [5.41, 5.74) is 2.97. The first kappa shape index (κ1) is 23.5. The molecule has 0 aliphatic heterocycles. The van der Waals surface area contributed by atoms with Crippen LogP contribution in [0.1, 0.15) is 43.7 Å². The first-order valence-corrected chi connectivity index (χ1v) is 12.2. The van der Waals surface area contributed by atoms with E-state index >= 15 is 0 Å². The first-order chi connectivity index (χ1) is 18.5. The molecule has 1 unspecified atom stereocenters. The van der Waals surface area contributed by atoms with Crippen LogP contribution >= 0.6 is 0 Å². The number of aryl methyl sites for hydroxylation is 1. The number of fused-ring (bicyclic) bond motifs is 2. The van der Waals surface area contributed by atoms with Gasteiger partial charge in [-0.3, -0.25) is 9.78 Å². The molecule has 1 atom stereocenters. The molecule has 5 aromatic rings. The van der Waals surface area contributed by atoms with Gasteiger partial charge in [-0.05, 0) is 37.3 Å². The molecule has 1 fully saturated rings. The quantitative estimate of drug-likeness (QED) is 0.327. The van der Waals surface area contributed by atoms with Gasteiger partial charge in [0.2, 0.25) is 5.95 Å². The zero-order valence-corrected chi connectivity index (χ0v) is 21.1. The maximum atomic E-state index is 13.4. The molecule has 0 radical (unpaired) electrons. The van der Waals surface area contributed by atoms with E-state index in [1.165, 1.54) is 0 Å². The fraction of sp³-hybridized carbons (Fsp3) is 0.308. The number of nitrogens with one attached hydrogen (secondary N) is 1. The van der Waals surface area contributed by atoms with Crippen LogP contribution in [0.15, 0.2) is 48.0 Å². The highest BCUT2D eigenvalue weighted by Crippen LogP contribution is 2.41. The van der Waals surface area contributed by atoms with Gasteiger partial charge in [0.1, 0.15) is 16.7 Å². The lowest BCUT2D eigenvalue weighted by atomic mass is 10.1. The van der Waals surface area contributed by atoms with E-state index in [1.54, 1.807) is 51.7 Å². The number of hydrogen-bond acceptors (Lipinski definition) is 9. The first-order valence-electron chi connectivity index (χ1n) is 12.2. The Morgan fingerprint density at radius 2 is 2.11 bits per heavy atom. The summed E-state index contributed by atoms with van der Waals surface area (Å²) in [5, 5.41) is 16.7. The third-order valence-corrected chi connectivity index (χ3v) is 6.75. The number of pyridine rings is 2. The standard InChI is InChI=1S/C26H25N9O3/c1-15(6-7-27)34-14-17(16-4-5-16)10-18(25(34)36)31-26-32-24-22(33(26)2)23(37-3)21(12-29-24)38-20-13-30-35-9-8-28-11-19(20)35/h8-16H,4-6H2,1-3H3,(H,29,31,32). The number of nitriles is 1. The molecule has 5 aromatic heterocycles. The number of anilines is 2. The smallest absolute Gasteiger partial charge is 0.274 e. The zero-order valence-electron chi connectivity index (χ0n) is 21.1. The molecule has 12 heteroatoms. The molecule has 1 saturated carbocycles. The predicted octanol–water partition coefficient (Wildman–Crippen LogP) is 4.07. The van der Waals surface area contributed by atoms with Gasteiger partial charge in [0.25, 0.3) is 5.56 Å². The van der Waals surface area contributed by atoms with Gasteiger partial charge in [0, 0.05) is 31.7 Å². The molecule has 5 heterocycles. The van der Waals surface area contributed by atoms with Crippen LogP contribution in [-0.4, -0.2) is 40.8 Å². The summed E-state index contributed by atoms with van der Waals surface area (Å²) in [6.45, 7) is 1.87. The third kappa shape index (κ3) is 3.98. The fourth-order valence-electron chi connectivity index (χ4n) is 4.55. The van der Waals surface area contributed by atoms with Crippen LogP contribution in [0, 0.1) is 11.3 Å². The molecule has 1 aliphatic carbocycles. The van der Waals surface area contributed by atoms with Crippen molar-refractivity contribution in [3.05, 3.63) is 59.2 Å². The highest BCUT2D eigenvalue weighted by atomic mass is 16.5. The minimum atomic E-state index is -0.246. The highest BCUT2D eigenvalue weighted by molar-refractivity contribution is 5.85. The van der Waals surface area contributed by atoms with Crippen LogP contribution in [0.25, 0.3) is 16.7 Å². The summed E-state index contributed by atoms with van der Waals surface area (Å²) in [6.07, 6.45) is 12.5. The summed E-state index contributed by atoms with van der Waals surface area (Å²) in [4.78, 5) is 26.6. The van der Waals surface area contributed by atoms with Crippen LogP contribution in [0.4, 0.5) is 11.6 Å². The lowest BCUT2D eigenvalue weighted by Crippen LogP contribution is -2.26. The molecule has 0 aromatic carbocycles. The summed E-state index contributed by atoms with van der Waals surface area (Å²) >= 11 is 0. The maximum Gasteiger partial charge on any atom is 0.274 e. The molecule has 0 amide bonds. The Bertz CT molecular complexity index is 1770. The number of ether oxygens (including phenoxy) is 2. The SMILES string of the molecule is COc1c(Oc2cnn3ccncc23)cnc2nc(Nc3cc(C4CC4)cn(C(C)CC#N)c3=O)n(C)c12. The van der Waals surface area contributed by atoms with E-state index in [-0.39, 0.29) is 18.0 Å². The van der Waals surface area contributed by atoms with E-state index in [0.29, 0.717) is 51.5 Å². The van der Waals surface area contributed by atoms with Crippen molar-refractivity contribution in [2.45, 2.75) is 38.1 Å². The van der Waals surface area contributed by atoms with Crippen LogP contribution in [0.3, 0.4) is 0 Å². The molecule has 0 saturated heterocycles. The highest BCUT2D eigenvalue weighted by Gasteiger charge is 2.27. The van der Waals surface area contributed by atoms with Gasteiger partial charge in [-0.2, -0.15) is 15.3 Å². The van der Waals surface area contributed by atoms with Crippen molar-refractivity contribution in [2.75, 3.05) is 12.4 Å². The number of aromatic nitrogens is 7. The second kappa shape index (κ2) is 9.19. The molecule has 192 valence electrons. The number of methoxy groups -OCH3 is 1. The molecule has 1 N–H and O–H groups in total. The number of imidazole rings is 1. The van der Waals surface area contributed by atoms with Crippen LogP contribution in [0.5, 0.6) is 17.2 Å². The van der Waals surface area contributed by atoms with Gasteiger partial charge < -0.3 is 23.9 Å². The van der Waals surface area contributed by atoms with Crippen molar-refractivity contribution in [1.29, 1.82) is 5.26 Å². The van der Waals surface area contributed by atoms with Crippen molar-refractivity contribution >= 4 is 28.3 Å². The monoisotopic (exact) mass is 511 g/mol. The van der Waals surface area contributed by atoms with E-state index in [1.807, 2.05) is 26.2 Å². The van der Waals surface area contributed by atoms with Gasteiger partial charge in [-0.15, -0.1) is 0 Å². The van der Waals surface area contributed by atoms with Crippen LogP contribution in [-0.2, 0) is 7.05 Å². The van der Waals surface area contributed by atoms with Gasteiger partial charge in [-0.1, -0.05) is 0 Å². The summed E-state index contributed by atoms with van der Waals surface area (Å²) < 4.78 is 16.9. The topological polar surface area (TPSA) is 137 Å². The van der Waals surface area contributed by atoms with Crippen LogP contribution < -0.4 is 20.3 Å². The largest absolute Gasteiger partial charge is 0.491 e. The molecule has 38 heavy (non-hydrogen) atoms. The Kier molecular flexibility index (Phi) is 5.68. The van der Waals surface area contributed by atoms with Crippen molar-refractivity contribution in [3.63, 3.8) is 0 Å². The fourth-order valence-corrected chi connectivity index (χ4v) is 4.55. The van der Waals surface area contributed by atoms with Crippen molar-refractivity contribution in [3.8, 4) is 23.3 Å². The van der Waals surface area contributed by atoms with Crippen molar-refractivity contribution in [2.24, 2.45) is 7.05 Å². The van der Waals surface area contributed by atoms with E-state index in [0.717, 1.165) is 18.4 Å². The Morgan fingerprint density at radius 1 is 1.26 bits per heavy atom. The van der Waals surface area contributed by atoms with E-state index < -0.39 is 0 Å². The maximum absolute atomic E-state index is 13.4. The van der Waals surface area contributed by atoms with Crippen molar-refractivity contribution < 1.29 is 9.47 Å². The molecule has 1 aliphatic rings. The van der Waals surface area contributed by atoms with Gasteiger partial charge >= 0.3 is 0 Å². The zero-order chi connectivity index (χ0) is 26.4. The second-order valence-corrected chi connectivity index (χ2v) is 9.35. The average molecular weight is 512 g/mol. The Balaban J connectivity index is 1.40. The average Bonchev–Trinajstić information content (AvgIpc) is 3.63. The second-order valence-electron chi connectivity index (χ2n) is 9.35. The van der Waals surface area contributed by atoms with Crippen molar-refractivity contribution in [1.82, 2.24) is 33.7 Å². The van der Waals surface area contributed by atoms with E-state index in [2.05, 4.69) is 31.4 Å².